The second kappa shape index (κ2) is 5.43. The number of aryl methyl sites for hydroxylation is 3. The molecule has 3 aliphatic rings. The first-order valence-corrected chi connectivity index (χ1v) is 9.01. The highest BCUT2D eigenvalue weighted by Crippen LogP contribution is 2.47. The molecule has 3 aliphatic carbocycles. The van der Waals surface area contributed by atoms with Crippen LogP contribution in [0.2, 0.25) is 0 Å². The van der Waals surface area contributed by atoms with E-state index in [1.54, 1.807) is 11.1 Å². The number of nitrogens with zero attached hydrogens (tertiary/aromatic N) is 1. The van der Waals surface area contributed by atoms with Gasteiger partial charge >= 0.3 is 0 Å². The van der Waals surface area contributed by atoms with Gasteiger partial charge in [0.25, 0.3) is 0 Å². The van der Waals surface area contributed by atoms with Crippen molar-refractivity contribution >= 4 is 0 Å². The largest absolute Gasteiger partial charge is 0.300 e. The number of hydrogen-bond acceptors (Lipinski definition) is 1. The molecule has 4 atom stereocenters. The number of fused-ring (bicyclic) bond motifs is 3. The van der Waals surface area contributed by atoms with Gasteiger partial charge in [-0.3, -0.25) is 0 Å². The third-order valence-electron chi connectivity index (χ3n) is 6.66. The molecular weight excluding hydrogens is 254 g/mol. The first kappa shape index (κ1) is 13.8. The van der Waals surface area contributed by atoms with E-state index >= 15 is 0 Å². The molecule has 4 unspecified atom stereocenters. The van der Waals surface area contributed by atoms with Crippen molar-refractivity contribution in [2.75, 3.05) is 7.05 Å². The van der Waals surface area contributed by atoms with Crippen LogP contribution in [0.1, 0.15) is 55.2 Å². The molecule has 114 valence electrons. The van der Waals surface area contributed by atoms with E-state index < -0.39 is 0 Å². The Labute approximate surface area is 129 Å². The number of rotatable bonds is 2. The molecule has 0 aliphatic heterocycles. The molecule has 1 aromatic rings. The molecule has 1 nitrogen and oxygen atoms in total. The third-order valence-corrected chi connectivity index (χ3v) is 6.66. The molecule has 0 N–H and O–H groups in total. The topological polar surface area (TPSA) is 3.24 Å². The zero-order valence-electron chi connectivity index (χ0n) is 13.6. The highest BCUT2D eigenvalue weighted by atomic mass is 15.2. The highest BCUT2D eigenvalue weighted by molar-refractivity contribution is 5.32. The smallest absolute Gasteiger partial charge is 0.0126 e. The molecule has 0 radical (unpaired) electrons. The summed E-state index contributed by atoms with van der Waals surface area (Å²) in [7, 11) is 2.43. The van der Waals surface area contributed by atoms with Gasteiger partial charge < -0.3 is 4.90 Å². The normalized spacial score (nSPS) is 35.0. The molecule has 4 rings (SSSR count). The van der Waals surface area contributed by atoms with Crippen molar-refractivity contribution in [3.8, 4) is 0 Å². The molecule has 1 heteroatoms. The maximum Gasteiger partial charge on any atom is 0.0126 e. The molecule has 0 aromatic heterocycles. The van der Waals surface area contributed by atoms with E-state index in [9.17, 15) is 0 Å². The fourth-order valence-electron chi connectivity index (χ4n) is 5.41. The minimum atomic E-state index is 0.807. The van der Waals surface area contributed by atoms with Gasteiger partial charge in [-0.15, -0.1) is 0 Å². The summed E-state index contributed by atoms with van der Waals surface area (Å²) in [6.07, 6.45) is 11.3. The van der Waals surface area contributed by atoms with Crippen LogP contribution < -0.4 is 0 Å². The van der Waals surface area contributed by atoms with Crippen molar-refractivity contribution in [1.29, 1.82) is 0 Å². The summed E-state index contributed by atoms with van der Waals surface area (Å²) in [5.41, 5.74) is 4.66. The van der Waals surface area contributed by atoms with E-state index in [2.05, 4.69) is 37.1 Å². The molecule has 0 amide bonds. The van der Waals surface area contributed by atoms with Crippen molar-refractivity contribution in [2.45, 2.75) is 70.4 Å². The quantitative estimate of drug-likeness (QED) is 0.729. The lowest BCUT2D eigenvalue weighted by Crippen LogP contribution is -2.43. The monoisotopic (exact) mass is 283 g/mol. The lowest BCUT2D eigenvalue weighted by molar-refractivity contribution is 0.115. The van der Waals surface area contributed by atoms with Crippen LogP contribution in [-0.2, 0) is 12.8 Å². The van der Waals surface area contributed by atoms with E-state index in [1.165, 1.54) is 56.9 Å². The van der Waals surface area contributed by atoms with E-state index in [0.29, 0.717) is 0 Å². The highest BCUT2D eigenvalue weighted by Gasteiger charge is 2.42. The first-order chi connectivity index (χ1) is 10.2. The standard InChI is InChI=1S/C20H29N/c1-14-3-5-16-7-9-19(10-8-17(16)11-14)21(2)20-13-15-4-6-18(20)12-15/h3,5,11,15,18-20H,4,6-10,12-13H2,1-2H3. The summed E-state index contributed by atoms with van der Waals surface area (Å²) in [5.74, 6) is 2.08. The molecular formula is C20H29N. The van der Waals surface area contributed by atoms with Crippen LogP contribution >= 0.6 is 0 Å². The van der Waals surface area contributed by atoms with Crippen LogP contribution in [0.3, 0.4) is 0 Å². The average molecular weight is 283 g/mol. The first-order valence-electron chi connectivity index (χ1n) is 9.01. The van der Waals surface area contributed by atoms with E-state index in [0.717, 1.165) is 23.9 Å². The Morgan fingerprint density at radius 1 is 0.952 bits per heavy atom. The summed E-state index contributed by atoms with van der Waals surface area (Å²) in [5, 5.41) is 0. The molecule has 0 spiro atoms. The molecule has 2 saturated carbocycles. The third kappa shape index (κ3) is 2.54. The van der Waals surface area contributed by atoms with Crippen LogP contribution in [0.15, 0.2) is 18.2 Å². The second-order valence-electron chi connectivity index (χ2n) is 7.91. The zero-order valence-corrected chi connectivity index (χ0v) is 13.6. The lowest BCUT2D eigenvalue weighted by atomic mass is 9.92. The summed E-state index contributed by atoms with van der Waals surface area (Å²) >= 11 is 0. The van der Waals surface area contributed by atoms with Crippen molar-refractivity contribution in [3.05, 3.63) is 34.9 Å². The summed E-state index contributed by atoms with van der Waals surface area (Å²) in [6, 6.07) is 8.80. The van der Waals surface area contributed by atoms with Gasteiger partial charge in [-0.1, -0.05) is 30.2 Å². The van der Waals surface area contributed by atoms with Crippen molar-refractivity contribution < 1.29 is 0 Å². The molecule has 21 heavy (non-hydrogen) atoms. The van der Waals surface area contributed by atoms with Crippen molar-refractivity contribution in [2.24, 2.45) is 11.8 Å². The molecule has 2 fully saturated rings. The SMILES string of the molecule is Cc1ccc2c(c1)CCC(N(C)C1CC3CCC1C3)CC2. The fraction of sp³-hybridized carbons (Fsp3) is 0.700. The number of benzene rings is 1. The Hall–Kier alpha value is -0.820. The second-order valence-corrected chi connectivity index (χ2v) is 7.91. The summed E-state index contributed by atoms with van der Waals surface area (Å²) in [6.45, 7) is 2.23. The van der Waals surface area contributed by atoms with Gasteiger partial charge in [-0.25, -0.2) is 0 Å². The molecule has 0 heterocycles. The van der Waals surface area contributed by atoms with Crippen LogP contribution in [-0.4, -0.2) is 24.0 Å². The van der Waals surface area contributed by atoms with E-state index in [1.807, 2.05) is 0 Å². The predicted octanol–water partition coefficient (Wildman–Crippen LogP) is 4.36. The Morgan fingerprint density at radius 2 is 1.76 bits per heavy atom. The Kier molecular flexibility index (Phi) is 3.57. The van der Waals surface area contributed by atoms with Crippen molar-refractivity contribution in [3.63, 3.8) is 0 Å². The Balaban J connectivity index is 1.46. The minimum Gasteiger partial charge on any atom is -0.300 e. The van der Waals surface area contributed by atoms with Gasteiger partial charge in [0.15, 0.2) is 0 Å². The van der Waals surface area contributed by atoms with Gasteiger partial charge in [0.1, 0.15) is 0 Å². The van der Waals surface area contributed by atoms with Crippen LogP contribution in [0, 0.1) is 18.8 Å². The zero-order chi connectivity index (χ0) is 14.4. The fourth-order valence-corrected chi connectivity index (χ4v) is 5.41. The summed E-state index contributed by atoms with van der Waals surface area (Å²) < 4.78 is 0. The van der Waals surface area contributed by atoms with E-state index in [4.69, 9.17) is 0 Å². The molecule has 2 bridgehead atoms. The molecule has 1 aromatic carbocycles. The maximum absolute atomic E-state index is 2.79. The maximum atomic E-state index is 2.79. The molecule has 0 saturated heterocycles. The van der Waals surface area contributed by atoms with Gasteiger partial charge in [0.2, 0.25) is 0 Å². The van der Waals surface area contributed by atoms with Gasteiger partial charge in [-0.05, 0) is 81.9 Å². The van der Waals surface area contributed by atoms with Crippen LogP contribution in [0.5, 0.6) is 0 Å². The minimum absolute atomic E-state index is 0.807. The van der Waals surface area contributed by atoms with Crippen molar-refractivity contribution in [1.82, 2.24) is 4.90 Å². The predicted molar refractivity (Wildman–Crippen MR) is 88.6 cm³/mol. The van der Waals surface area contributed by atoms with Crippen LogP contribution in [0.4, 0.5) is 0 Å². The number of hydrogen-bond donors (Lipinski definition) is 0. The van der Waals surface area contributed by atoms with Gasteiger partial charge in [0, 0.05) is 12.1 Å². The van der Waals surface area contributed by atoms with Gasteiger partial charge in [-0.2, -0.15) is 0 Å². The Morgan fingerprint density at radius 3 is 2.48 bits per heavy atom. The summed E-state index contributed by atoms with van der Waals surface area (Å²) in [4.78, 5) is 2.79. The lowest BCUT2D eigenvalue weighted by Gasteiger charge is -2.37. The Bertz CT molecular complexity index is 521. The van der Waals surface area contributed by atoms with E-state index in [-0.39, 0.29) is 0 Å². The van der Waals surface area contributed by atoms with Crippen LogP contribution in [0.25, 0.3) is 0 Å². The average Bonchev–Trinajstić information content (AvgIpc) is 3.05. The van der Waals surface area contributed by atoms with Gasteiger partial charge in [0.05, 0.1) is 0 Å².